The fourth-order valence-electron chi connectivity index (χ4n) is 2.82. The third-order valence-electron chi connectivity index (χ3n) is 4.22. The fourth-order valence-corrected chi connectivity index (χ4v) is 4.59. The lowest BCUT2D eigenvalue weighted by Crippen LogP contribution is -2.36. The zero-order chi connectivity index (χ0) is 19.2. The number of hydrogen-bond acceptors (Lipinski definition) is 5. The van der Waals surface area contributed by atoms with Crippen LogP contribution in [0.15, 0.2) is 23.1 Å². The van der Waals surface area contributed by atoms with Crippen LogP contribution in [0.1, 0.15) is 44.6 Å². The number of piperidine rings is 1. The molecule has 8 heteroatoms. The van der Waals surface area contributed by atoms with Gasteiger partial charge in [0.2, 0.25) is 10.0 Å². The number of amides is 1. The van der Waals surface area contributed by atoms with Gasteiger partial charge in [-0.05, 0) is 43.9 Å². The second-order valence-electron chi connectivity index (χ2n) is 6.40. The molecule has 0 aliphatic carbocycles. The van der Waals surface area contributed by atoms with Crippen molar-refractivity contribution in [3.8, 4) is 0 Å². The average molecular weight is 382 g/mol. The first-order valence-corrected chi connectivity index (χ1v) is 10.3. The number of rotatable bonds is 7. The Labute approximate surface area is 154 Å². The summed E-state index contributed by atoms with van der Waals surface area (Å²) in [4.78, 5) is 23.4. The highest BCUT2D eigenvalue weighted by atomic mass is 32.2. The van der Waals surface area contributed by atoms with Gasteiger partial charge in [0.25, 0.3) is 5.91 Å². The number of carbonyl (C=O) groups excluding carboxylic acids is 2. The molecule has 0 spiro atoms. The molecule has 1 N–H and O–H groups in total. The van der Waals surface area contributed by atoms with Gasteiger partial charge in [-0.1, -0.05) is 19.4 Å². The predicted octanol–water partition coefficient (Wildman–Crippen LogP) is 2.45. The van der Waals surface area contributed by atoms with E-state index in [4.69, 9.17) is 4.74 Å². The molecule has 0 atom stereocenters. The number of carbonyl (C=O) groups is 2. The van der Waals surface area contributed by atoms with E-state index >= 15 is 0 Å². The number of nitrogens with one attached hydrogen (secondary N) is 1. The van der Waals surface area contributed by atoms with Crippen molar-refractivity contribution in [2.75, 3.05) is 25.0 Å². The Bertz CT molecular complexity index is 755. The SMILES string of the molecule is CCCC(=O)OCC(=O)Nc1ccc(C)c(S(=O)(=O)N2CCCCC2)c1. The Morgan fingerprint density at radius 2 is 1.88 bits per heavy atom. The van der Waals surface area contributed by atoms with Crippen molar-refractivity contribution in [2.24, 2.45) is 0 Å². The van der Waals surface area contributed by atoms with Crippen LogP contribution < -0.4 is 5.32 Å². The molecule has 0 unspecified atom stereocenters. The maximum atomic E-state index is 12.9. The number of esters is 1. The second-order valence-corrected chi connectivity index (χ2v) is 8.31. The summed E-state index contributed by atoms with van der Waals surface area (Å²) in [5.41, 5.74) is 0.991. The van der Waals surface area contributed by atoms with Crippen molar-refractivity contribution in [3.63, 3.8) is 0 Å². The summed E-state index contributed by atoms with van der Waals surface area (Å²) >= 11 is 0. The van der Waals surface area contributed by atoms with Crippen LogP contribution in [-0.4, -0.2) is 44.3 Å². The van der Waals surface area contributed by atoms with Crippen molar-refractivity contribution in [3.05, 3.63) is 23.8 Å². The second kappa shape index (κ2) is 9.14. The van der Waals surface area contributed by atoms with Crippen LogP contribution in [0.5, 0.6) is 0 Å². The van der Waals surface area contributed by atoms with Crippen LogP contribution >= 0.6 is 0 Å². The van der Waals surface area contributed by atoms with Gasteiger partial charge in [0.15, 0.2) is 6.61 Å². The summed E-state index contributed by atoms with van der Waals surface area (Å²) in [6.07, 6.45) is 3.67. The molecule has 7 nitrogen and oxygen atoms in total. The summed E-state index contributed by atoms with van der Waals surface area (Å²) in [5.74, 6) is -0.931. The van der Waals surface area contributed by atoms with Crippen LogP contribution in [0.4, 0.5) is 5.69 Å². The third kappa shape index (κ3) is 5.28. The number of benzene rings is 1. The lowest BCUT2D eigenvalue weighted by molar-refractivity contribution is -0.147. The van der Waals surface area contributed by atoms with Gasteiger partial charge in [-0.25, -0.2) is 8.42 Å². The standard InChI is InChI=1S/C18H26N2O5S/c1-3-7-18(22)25-13-17(21)19-15-9-8-14(2)16(12-15)26(23,24)20-10-5-4-6-11-20/h8-9,12H,3-7,10-11,13H2,1-2H3,(H,19,21). The number of nitrogens with zero attached hydrogens (tertiary/aromatic N) is 1. The summed E-state index contributed by atoms with van der Waals surface area (Å²) in [5, 5.41) is 2.58. The highest BCUT2D eigenvalue weighted by Crippen LogP contribution is 2.26. The largest absolute Gasteiger partial charge is 0.456 e. The first kappa shape index (κ1) is 20.4. The zero-order valence-corrected chi connectivity index (χ0v) is 16.1. The Morgan fingerprint density at radius 1 is 1.19 bits per heavy atom. The van der Waals surface area contributed by atoms with Crippen molar-refractivity contribution in [1.29, 1.82) is 0 Å². The van der Waals surface area contributed by atoms with E-state index in [2.05, 4.69) is 5.32 Å². The minimum Gasteiger partial charge on any atom is -0.456 e. The van der Waals surface area contributed by atoms with Gasteiger partial charge in [0.05, 0.1) is 4.90 Å². The molecule has 0 aromatic heterocycles. The van der Waals surface area contributed by atoms with E-state index in [9.17, 15) is 18.0 Å². The molecule has 1 aromatic carbocycles. The number of hydrogen-bond donors (Lipinski definition) is 1. The highest BCUT2D eigenvalue weighted by molar-refractivity contribution is 7.89. The Hall–Kier alpha value is -1.93. The summed E-state index contributed by atoms with van der Waals surface area (Å²) in [6, 6.07) is 4.76. The van der Waals surface area contributed by atoms with Gasteiger partial charge < -0.3 is 10.1 Å². The molecule has 0 radical (unpaired) electrons. The molecule has 1 fully saturated rings. The molecule has 144 valence electrons. The van der Waals surface area contributed by atoms with Gasteiger partial charge in [0.1, 0.15) is 0 Å². The first-order chi connectivity index (χ1) is 12.3. The normalized spacial score (nSPS) is 15.5. The van der Waals surface area contributed by atoms with Crippen LogP contribution in [0.3, 0.4) is 0 Å². The molecule has 1 amide bonds. The van der Waals surface area contributed by atoms with Crippen molar-refractivity contribution >= 4 is 27.6 Å². The predicted molar refractivity (Wildman–Crippen MR) is 98.3 cm³/mol. The maximum absolute atomic E-state index is 12.9. The highest BCUT2D eigenvalue weighted by Gasteiger charge is 2.27. The summed E-state index contributed by atoms with van der Waals surface area (Å²) in [6.45, 7) is 4.23. The number of aryl methyl sites for hydroxylation is 1. The first-order valence-electron chi connectivity index (χ1n) is 8.91. The van der Waals surface area contributed by atoms with Crippen LogP contribution in [-0.2, 0) is 24.3 Å². The molecule has 1 saturated heterocycles. The van der Waals surface area contributed by atoms with Crippen molar-refractivity contribution in [1.82, 2.24) is 4.31 Å². The quantitative estimate of drug-likeness (QED) is 0.731. The third-order valence-corrected chi connectivity index (χ3v) is 6.26. The average Bonchev–Trinajstić information content (AvgIpc) is 2.62. The molecule has 1 aromatic rings. The Balaban J connectivity index is 2.09. The zero-order valence-electron chi connectivity index (χ0n) is 15.3. The number of anilines is 1. The fraction of sp³-hybridized carbons (Fsp3) is 0.556. The van der Waals surface area contributed by atoms with Gasteiger partial charge in [0, 0.05) is 25.2 Å². The van der Waals surface area contributed by atoms with E-state index in [0.29, 0.717) is 30.8 Å². The Kier molecular flexibility index (Phi) is 7.16. The van der Waals surface area contributed by atoms with E-state index in [0.717, 1.165) is 19.3 Å². The summed E-state index contributed by atoms with van der Waals surface area (Å²) in [7, 11) is -3.59. The number of ether oxygens (including phenoxy) is 1. The topological polar surface area (TPSA) is 92.8 Å². The minimum absolute atomic E-state index is 0.195. The van der Waals surface area contributed by atoms with E-state index < -0.39 is 21.9 Å². The van der Waals surface area contributed by atoms with Crippen molar-refractivity contribution in [2.45, 2.75) is 50.8 Å². The van der Waals surface area contributed by atoms with Crippen LogP contribution in [0.25, 0.3) is 0 Å². The molecule has 1 aliphatic heterocycles. The van der Waals surface area contributed by atoms with E-state index in [1.165, 1.54) is 10.4 Å². The Morgan fingerprint density at radius 3 is 2.54 bits per heavy atom. The van der Waals surface area contributed by atoms with Crippen LogP contribution in [0, 0.1) is 6.92 Å². The summed E-state index contributed by atoms with van der Waals surface area (Å²) < 4.78 is 32.1. The molecule has 1 aliphatic rings. The van der Waals surface area contributed by atoms with Gasteiger partial charge in [-0.2, -0.15) is 4.31 Å². The van der Waals surface area contributed by atoms with E-state index in [1.54, 1.807) is 19.1 Å². The molecule has 1 heterocycles. The van der Waals surface area contributed by atoms with E-state index in [-0.39, 0.29) is 17.9 Å². The molecular formula is C18H26N2O5S. The smallest absolute Gasteiger partial charge is 0.306 e. The van der Waals surface area contributed by atoms with E-state index in [1.807, 2.05) is 6.92 Å². The monoisotopic (exact) mass is 382 g/mol. The lowest BCUT2D eigenvalue weighted by Gasteiger charge is -2.26. The van der Waals surface area contributed by atoms with Gasteiger partial charge in [-0.3, -0.25) is 9.59 Å². The molecule has 26 heavy (non-hydrogen) atoms. The van der Waals surface area contributed by atoms with Crippen LogP contribution in [0.2, 0.25) is 0 Å². The maximum Gasteiger partial charge on any atom is 0.306 e. The lowest BCUT2D eigenvalue weighted by atomic mass is 10.2. The van der Waals surface area contributed by atoms with Crippen molar-refractivity contribution < 1.29 is 22.7 Å². The molecule has 0 saturated carbocycles. The molecular weight excluding hydrogens is 356 g/mol. The molecule has 2 rings (SSSR count). The van der Waals surface area contributed by atoms with Gasteiger partial charge in [-0.15, -0.1) is 0 Å². The number of sulfonamides is 1. The molecule has 0 bridgehead atoms. The minimum atomic E-state index is -3.59. The van der Waals surface area contributed by atoms with Gasteiger partial charge >= 0.3 is 5.97 Å².